The maximum absolute atomic E-state index is 12.8. The number of hydrogen-bond donors (Lipinski definition) is 0. The van der Waals surface area contributed by atoms with Crippen LogP contribution in [-0.2, 0) is 15.0 Å². The third-order valence-corrected chi connectivity index (χ3v) is 4.55. The van der Waals surface area contributed by atoms with Gasteiger partial charge in [0.1, 0.15) is 5.25 Å². The van der Waals surface area contributed by atoms with Crippen LogP contribution in [0.2, 0.25) is 10.0 Å². The van der Waals surface area contributed by atoms with Crippen molar-refractivity contribution in [2.45, 2.75) is 11.7 Å². The van der Waals surface area contributed by atoms with Crippen LogP contribution >= 0.6 is 23.2 Å². The third kappa shape index (κ3) is 2.60. The molecule has 1 atom stereocenters. The summed E-state index contributed by atoms with van der Waals surface area (Å²) in [5, 5.41) is -0.755. The fourth-order valence-electron chi connectivity index (χ4n) is 1.77. The van der Waals surface area contributed by atoms with Crippen molar-refractivity contribution in [2.24, 2.45) is 0 Å². The zero-order valence-corrected chi connectivity index (χ0v) is 11.3. The molecule has 0 saturated carbocycles. The minimum atomic E-state index is -4.72. The first-order valence-electron chi connectivity index (χ1n) is 4.98. The molecule has 1 amide bonds. The van der Waals surface area contributed by atoms with Crippen molar-refractivity contribution in [3.05, 3.63) is 28.2 Å². The Morgan fingerprint density at radius 1 is 1.28 bits per heavy atom. The van der Waals surface area contributed by atoms with Crippen molar-refractivity contribution in [1.82, 2.24) is 0 Å². The van der Waals surface area contributed by atoms with Gasteiger partial charge in [0.2, 0.25) is 5.91 Å². The van der Waals surface area contributed by atoms with E-state index in [9.17, 15) is 17.1 Å². The van der Waals surface area contributed by atoms with Crippen LogP contribution < -0.4 is 4.90 Å². The number of halogens is 3. The minimum Gasteiger partial charge on any atom is -0.311 e. The van der Waals surface area contributed by atoms with E-state index in [-0.39, 0.29) is 18.0 Å². The van der Waals surface area contributed by atoms with E-state index < -0.39 is 21.4 Å². The number of amides is 1. The molecular weight excluding hydrogens is 304 g/mol. The molecule has 0 spiro atoms. The lowest BCUT2D eigenvalue weighted by Crippen LogP contribution is -2.26. The monoisotopic (exact) mass is 311 g/mol. The Labute approximate surface area is 113 Å². The van der Waals surface area contributed by atoms with Crippen molar-refractivity contribution in [1.29, 1.82) is 0 Å². The Kier molecular flexibility index (Phi) is 3.53. The van der Waals surface area contributed by atoms with Gasteiger partial charge in [0.05, 0.1) is 10.0 Å². The number of benzene rings is 1. The maximum atomic E-state index is 12.8. The van der Waals surface area contributed by atoms with Crippen LogP contribution in [0.3, 0.4) is 0 Å². The van der Waals surface area contributed by atoms with Gasteiger partial charge < -0.3 is 4.90 Å². The lowest BCUT2D eigenvalue weighted by atomic mass is 10.3. The Hall–Kier alpha value is -0.850. The van der Waals surface area contributed by atoms with Gasteiger partial charge in [-0.2, -0.15) is 8.42 Å². The van der Waals surface area contributed by atoms with Crippen molar-refractivity contribution in [2.75, 3.05) is 11.4 Å². The summed E-state index contributed by atoms with van der Waals surface area (Å²) in [6.45, 7) is -0.213. The number of carbonyl (C=O) groups excluding carboxylic acids is 1. The highest BCUT2D eigenvalue weighted by atomic mass is 35.5. The van der Waals surface area contributed by atoms with E-state index in [4.69, 9.17) is 23.2 Å². The van der Waals surface area contributed by atoms with Crippen LogP contribution in [0.5, 0.6) is 0 Å². The molecule has 1 fully saturated rings. The Morgan fingerprint density at radius 2 is 1.94 bits per heavy atom. The van der Waals surface area contributed by atoms with Crippen LogP contribution in [0, 0.1) is 0 Å². The molecule has 1 saturated heterocycles. The molecule has 0 aromatic heterocycles. The van der Waals surface area contributed by atoms with Gasteiger partial charge in [-0.25, -0.2) is 0 Å². The molecule has 0 aliphatic carbocycles. The van der Waals surface area contributed by atoms with Gasteiger partial charge in [-0.1, -0.05) is 23.2 Å². The van der Waals surface area contributed by atoms with Gasteiger partial charge in [0, 0.05) is 18.7 Å². The van der Waals surface area contributed by atoms with Gasteiger partial charge in [-0.05, 0) is 18.2 Å². The summed E-state index contributed by atoms with van der Waals surface area (Å²) >= 11 is 11.5. The predicted octanol–water partition coefficient (Wildman–Crippen LogP) is 2.40. The highest BCUT2D eigenvalue weighted by Gasteiger charge is 2.39. The maximum Gasteiger partial charge on any atom is 0.307 e. The second-order valence-electron chi connectivity index (χ2n) is 3.90. The summed E-state index contributed by atoms with van der Waals surface area (Å²) in [6, 6.07) is 4.46. The average molecular weight is 312 g/mol. The van der Waals surface area contributed by atoms with Crippen molar-refractivity contribution in [3.63, 3.8) is 0 Å². The first-order chi connectivity index (χ1) is 8.29. The molecule has 8 heteroatoms. The van der Waals surface area contributed by atoms with E-state index in [2.05, 4.69) is 0 Å². The zero-order chi connectivity index (χ0) is 13.5. The highest BCUT2D eigenvalue weighted by molar-refractivity contribution is 7.87. The number of carbonyl (C=O) groups is 1. The largest absolute Gasteiger partial charge is 0.311 e. The fraction of sp³-hybridized carbons (Fsp3) is 0.300. The summed E-state index contributed by atoms with van der Waals surface area (Å²) in [5.41, 5.74) is 0.403. The molecule has 0 N–H and O–H groups in total. The lowest BCUT2D eigenvalue weighted by Gasteiger charge is -2.16. The molecule has 0 bridgehead atoms. The molecule has 98 valence electrons. The summed E-state index contributed by atoms with van der Waals surface area (Å²) in [4.78, 5) is 12.8. The number of anilines is 1. The minimum absolute atomic E-state index is 0.213. The molecule has 4 nitrogen and oxygen atoms in total. The van der Waals surface area contributed by atoms with Crippen LogP contribution in [0.25, 0.3) is 0 Å². The molecule has 0 radical (unpaired) electrons. The molecule has 1 unspecified atom stereocenters. The Morgan fingerprint density at radius 3 is 2.44 bits per heavy atom. The molecule has 1 aromatic carbocycles. The normalized spacial score (nSPS) is 20.5. The molecular formula is C10H8Cl2FNO3S. The highest BCUT2D eigenvalue weighted by Crippen LogP contribution is 2.31. The van der Waals surface area contributed by atoms with E-state index in [1.54, 1.807) is 0 Å². The van der Waals surface area contributed by atoms with E-state index >= 15 is 0 Å². The van der Waals surface area contributed by atoms with Crippen LogP contribution in [0.1, 0.15) is 6.42 Å². The van der Waals surface area contributed by atoms with Gasteiger partial charge in [-0.15, -0.1) is 3.89 Å². The quantitative estimate of drug-likeness (QED) is 0.788. The summed E-state index contributed by atoms with van der Waals surface area (Å²) in [7, 11) is -4.72. The fourth-order valence-corrected chi connectivity index (χ4v) is 2.73. The Balaban J connectivity index is 2.30. The van der Waals surface area contributed by atoms with Crippen molar-refractivity contribution < 1.29 is 17.1 Å². The van der Waals surface area contributed by atoms with E-state index in [0.29, 0.717) is 10.7 Å². The number of hydrogen-bond acceptors (Lipinski definition) is 3. The SMILES string of the molecule is O=C1CC(S(=O)(=O)F)CN1c1ccc(Cl)c(Cl)c1. The number of nitrogens with zero attached hydrogens (tertiary/aromatic N) is 1. The second-order valence-corrected chi connectivity index (χ2v) is 6.34. The van der Waals surface area contributed by atoms with Crippen LogP contribution in [0.15, 0.2) is 18.2 Å². The summed E-state index contributed by atoms with van der Waals surface area (Å²) < 4.78 is 34.4. The topological polar surface area (TPSA) is 54.5 Å². The van der Waals surface area contributed by atoms with Crippen molar-refractivity contribution >= 4 is 45.0 Å². The molecule has 1 aromatic rings. The average Bonchev–Trinajstić information content (AvgIpc) is 2.64. The summed E-state index contributed by atoms with van der Waals surface area (Å²) in [5.74, 6) is -0.459. The van der Waals surface area contributed by atoms with Crippen LogP contribution in [-0.4, -0.2) is 26.1 Å². The van der Waals surface area contributed by atoms with Crippen LogP contribution in [0.4, 0.5) is 9.57 Å². The smallest absolute Gasteiger partial charge is 0.307 e. The lowest BCUT2D eigenvalue weighted by molar-refractivity contribution is -0.117. The second kappa shape index (κ2) is 4.68. The van der Waals surface area contributed by atoms with Crippen molar-refractivity contribution in [3.8, 4) is 0 Å². The predicted molar refractivity (Wildman–Crippen MR) is 67.2 cm³/mol. The molecule has 2 rings (SSSR count). The Bertz CT molecular complexity index is 605. The number of rotatable bonds is 2. The summed E-state index contributed by atoms with van der Waals surface area (Å²) in [6.07, 6.45) is -0.362. The molecule has 1 aliphatic heterocycles. The van der Waals surface area contributed by atoms with Gasteiger partial charge in [0.15, 0.2) is 0 Å². The van der Waals surface area contributed by atoms with E-state index in [1.165, 1.54) is 23.1 Å². The zero-order valence-electron chi connectivity index (χ0n) is 8.94. The third-order valence-electron chi connectivity index (χ3n) is 2.70. The van der Waals surface area contributed by atoms with E-state index in [0.717, 1.165) is 0 Å². The molecule has 18 heavy (non-hydrogen) atoms. The first-order valence-corrected chi connectivity index (χ1v) is 7.18. The molecule has 1 heterocycles. The van der Waals surface area contributed by atoms with Gasteiger partial charge in [-0.3, -0.25) is 4.79 Å². The molecule has 1 aliphatic rings. The van der Waals surface area contributed by atoms with Gasteiger partial charge in [0.25, 0.3) is 0 Å². The first kappa shape index (κ1) is 13.6. The standard InChI is InChI=1S/C10H8Cl2FNO3S/c11-8-2-1-6(3-9(8)12)14-5-7(4-10(14)15)18(13,16)17/h1-3,7H,4-5H2. The van der Waals surface area contributed by atoms with E-state index in [1.807, 2.05) is 0 Å². The van der Waals surface area contributed by atoms with Gasteiger partial charge >= 0.3 is 10.2 Å².